The molecule has 1 N–H and O–H groups in total. The van der Waals surface area contributed by atoms with Crippen molar-refractivity contribution in [3.63, 3.8) is 0 Å². The third-order valence-corrected chi connectivity index (χ3v) is 2.27. The molecule has 0 spiro atoms. The van der Waals surface area contributed by atoms with Gasteiger partial charge in [0.25, 0.3) is 0 Å². The molecule has 0 bridgehead atoms. The molecule has 0 radical (unpaired) electrons. The Balaban J connectivity index is 1.97. The zero-order valence-electron chi connectivity index (χ0n) is 7.83. The van der Waals surface area contributed by atoms with Crippen LogP contribution in [0.2, 0.25) is 0 Å². The van der Waals surface area contributed by atoms with E-state index in [1.165, 1.54) is 5.56 Å². The van der Waals surface area contributed by atoms with Gasteiger partial charge in [-0.15, -0.1) is 0 Å². The fraction of sp³-hybridized carbons (Fsp3) is 0.364. The number of hydrogen-bond acceptors (Lipinski definition) is 2. The second kappa shape index (κ2) is 3.60. The minimum Gasteiger partial charge on any atom is -0.367 e. The summed E-state index contributed by atoms with van der Waals surface area (Å²) < 4.78 is 0. The highest BCUT2D eigenvalue weighted by Crippen LogP contribution is 2.14. The average molecular weight is 174 g/mol. The fourth-order valence-electron chi connectivity index (χ4n) is 1.50. The SMILES string of the molecule is Cc1ccc(NC2CC=CC2)nc1. The van der Waals surface area contributed by atoms with E-state index >= 15 is 0 Å². The average Bonchev–Trinajstić information content (AvgIpc) is 2.62. The van der Waals surface area contributed by atoms with Gasteiger partial charge in [-0.1, -0.05) is 18.2 Å². The van der Waals surface area contributed by atoms with E-state index in [0.29, 0.717) is 6.04 Å². The maximum atomic E-state index is 4.30. The number of anilines is 1. The Morgan fingerprint density at radius 2 is 2.08 bits per heavy atom. The summed E-state index contributed by atoms with van der Waals surface area (Å²) in [6.45, 7) is 2.05. The molecule has 0 amide bonds. The zero-order valence-corrected chi connectivity index (χ0v) is 7.83. The maximum absolute atomic E-state index is 4.30. The zero-order chi connectivity index (χ0) is 9.10. The van der Waals surface area contributed by atoms with E-state index in [0.717, 1.165) is 18.7 Å². The molecule has 1 aliphatic rings. The van der Waals surface area contributed by atoms with Crippen LogP contribution in [0.15, 0.2) is 30.5 Å². The van der Waals surface area contributed by atoms with Crippen LogP contribution in [0.4, 0.5) is 5.82 Å². The first-order valence-electron chi connectivity index (χ1n) is 4.69. The van der Waals surface area contributed by atoms with Gasteiger partial charge in [0.2, 0.25) is 0 Å². The van der Waals surface area contributed by atoms with Crippen LogP contribution in [-0.4, -0.2) is 11.0 Å². The minimum absolute atomic E-state index is 0.551. The van der Waals surface area contributed by atoms with Crippen molar-refractivity contribution >= 4 is 5.82 Å². The molecule has 0 saturated carbocycles. The van der Waals surface area contributed by atoms with Gasteiger partial charge < -0.3 is 5.32 Å². The molecule has 68 valence electrons. The molecular weight excluding hydrogens is 160 g/mol. The van der Waals surface area contributed by atoms with E-state index in [-0.39, 0.29) is 0 Å². The maximum Gasteiger partial charge on any atom is 0.126 e. The van der Waals surface area contributed by atoms with E-state index in [1.807, 2.05) is 19.2 Å². The lowest BCUT2D eigenvalue weighted by molar-refractivity contribution is 0.781. The van der Waals surface area contributed by atoms with Gasteiger partial charge in [-0.3, -0.25) is 0 Å². The molecular formula is C11H14N2. The highest BCUT2D eigenvalue weighted by Gasteiger charge is 2.09. The van der Waals surface area contributed by atoms with E-state index < -0.39 is 0 Å². The number of aryl methyl sites for hydroxylation is 1. The number of aromatic nitrogens is 1. The van der Waals surface area contributed by atoms with Crippen molar-refractivity contribution < 1.29 is 0 Å². The predicted octanol–water partition coefficient (Wildman–Crippen LogP) is 2.52. The summed E-state index contributed by atoms with van der Waals surface area (Å²) in [7, 11) is 0. The van der Waals surface area contributed by atoms with Crippen LogP contribution >= 0.6 is 0 Å². The Kier molecular flexibility index (Phi) is 2.30. The summed E-state index contributed by atoms with van der Waals surface area (Å²) in [6.07, 6.45) is 8.56. The molecule has 2 nitrogen and oxygen atoms in total. The van der Waals surface area contributed by atoms with Crippen molar-refractivity contribution in [2.45, 2.75) is 25.8 Å². The summed E-state index contributed by atoms with van der Waals surface area (Å²) in [5.74, 6) is 0.985. The molecule has 0 atom stereocenters. The van der Waals surface area contributed by atoms with Gasteiger partial charge in [-0.25, -0.2) is 4.98 Å². The van der Waals surface area contributed by atoms with Crippen LogP contribution in [0.1, 0.15) is 18.4 Å². The molecule has 0 saturated heterocycles. The summed E-state index contributed by atoms with van der Waals surface area (Å²) in [4.78, 5) is 4.30. The summed E-state index contributed by atoms with van der Waals surface area (Å²) >= 11 is 0. The standard InChI is InChI=1S/C11H14N2/c1-9-6-7-11(12-8-9)13-10-4-2-3-5-10/h2-3,6-8,10H,4-5H2,1H3,(H,12,13). The molecule has 1 aromatic heterocycles. The van der Waals surface area contributed by atoms with Gasteiger partial charge in [0.05, 0.1) is 0 Å². The fourth-order valence-corrected chi connectivity index (χ4v) is 1.50. The predicted molar refractivity (Wildman–Crippen MR) is 54.8 cm³/mol. The first-order valence-corrected chi connectivity index (χ1v) is 4.69. The summed E-state index contributed by atoms with van der Waals surface area (Å²) in [5.41, 5.74) is 1.20. The number of nitrogens with one attached hydrogen (secondary N) is 1. The first-order chi connectivity index (χ1) is 6.34. The molecule has 0 aliphatic heterocycles. The Labute approximate surface area is 78.7 Å². The molecule has 1 aromatic rings. The van der Waals surface area contributed by atoms with Crippen molar-refractivity contribution in [3.05, 3.63) is 36.0 Å². The van der Waals surface area contributed by atoms with Crippen LogP contribution in [-0.2, 0) is 0 Å². The second-order valence-corrected chi connectivity index (χ2v) is 3.50. The lowest BCUT2D eigenvalue weighted by Gasteiger charge is -2.12. The van der Waals surface area contributed by atoms with E-state index in [1.54, 1.807) is 0 Å². The highest BCUT2D eigenvalue weighted by molar-refractivity contribution is 5.37. The third-order valence-electron chi connectivity index (χ3n) is 2.27. The van der Waals surface area contributed by atoms with Gasteiger partial charge in [0, 0.05) is 12.2 Å². The molecule has 2 rings (SSSR count). The third kappa shape index (κ3) is 2.08. The minimum atomic E-state index is 0.551. The molecule has 2 heteroatoms. The topological polar surface area (TPSA) is 24.9 Å². The first kappa shape index (κ1) is 8.30. The second-order valence-electron chi connectivity index (χ2n) is 3.50. The van der Waals surface area contributed by atoms with Gasteiger partial charge in [-0.05, 0) is 31.4 Å². The van der Waals surface area contributed by atoms with Crippen molar-refractivity contribution in [1.82, 2.24) is 4.98 Å². The Hall–Kier alpha value is -1.31. The molecule has 0 aromatic carbocycles. The van der Waals surface area contributed by atoms with Gasteiger partial charge in [0.15, 0.2) is 0 Å². The van der Waals surface area contributed by atoms with E-state index in [9.17, 15) is 0 Å². The molecule has 1 aliphatic carbocycles. The van der Waals surface area contributed by atoms with Crippen LogP contribution in [0.5, 0.6) is 0 Å². The van der Waals surface area contributed by atoms with Crippen molar-refractivity contribution in [3.8, 4) is 0 Å². The number of hydrogen-bond donors (Lipinski definition) is 1. The van der Waals surface area contributed by atoms with Crippen LogP contribution in [0.25, 0.3) is 0 Å². The van der Waals surface area contributed by atoms with E-state index in [2.05, 4.69) is 28.5 Å². The normalized spacial score (nSPS) is 16.4. The largest absolute Gasteiger partial charge is 0.367 e. The lowest BCUT2D eigenvalue weighted by Crippen LogP contribution is -2.15. The quantitative estimate of drug-likeness (QED) is 0.697. The number of nitrogens with zero attached hydrogens (tertiary/aromatic N) is 1. The lowest BCUT2D eigenvalue weighted by atomic mass is 10.2. The van der Waals surface area contributed by atoms with Crippen LogP contribution in [0.3, 0.4) is 0 Å². The summed E-state index contributed by atoms with van der Waals surface area (Å²) in [6, 6.07) is 4.67. The van der Waals surface area contributed by atoms with Crippen molar-refractivity contribution in [1.29, 1.82) is 0 Å². The molecule has 1 heterocycles. The molecule has 0 fully saturated rings. The monoisotopic (exact) mass is 174 g/mol. The Bertz CT molecular complexity index is 292. The van der Waals surface area contributed by atoms with Gasteiger partial charge in [0.1, 0.15) is 5.82 Å². The van der Waals surface area contributed by atoms with E-state index in [4.69, 9.17) is 0 Å². The van der Waals surface area contributed by atoms with Crippen molar-refractivity contribution in [2.75, 3.05) is 5.32 Å². The highest BCUT2D eigenvalue weighted by atomic mass is 15.0. The van der Waals surface area contributed by atoms with Crippen molar-refractivity contribution in [2.24, 2.45) is 0 Å². The Morgan fingerprint density at radius 1 is 1.31 bits per heavy atom. The molecule has 0 unspecified atom stereocenters. The smallest absolute Gasteiger partial charge is 0.126 e. The molecule has 13 heavy (non-hydrogen) atoms. The van der Waals surface area contributed by atoms with Gasteiger partial charge in [-0.2, -0.15) is 0 Å². The number of pyridine rings is 1. The Morgan fingerprint density at radius 3 is 2.69 bits per heavy atom. The number of rotatable bonds is 2. The van der Waals surface area contributed by atoms with Crippen LogP contribution in [0, 0.1) is 6.92 Å². The summed E-state index contributed by atoms with van der Waals surface area (Å²) in [5, 5.41) is 3.39. The van der Waals surface area contributed by atoms with Gasteiger partial charge >= 0.3 is 0 Å². The van der Waals surface area contributed by atoms with Crippen LogP contribution < -0.4 is 5.32 Å².